The molecule has 140 valence electrons. The monoisotopic (exact) mass is 378 g/mol. The third-order valence-corrected chi connectivity index (χ3v) is 5.40. The van der Waals surface area contributed by atoms with Gasteiger partial charge in [-0.2, -0.15) is 0 Å². The third kappa shape index (κ3) is 5.29. The van der Waals surface area contributed by atoms with Gasteiger partial charge in [-0.15, -0.1) is 0 Å². The number of carbonyl (C=O) groups is 1. The summed E-state index contributed by atoms with van der Waals surface area (Å²) in [4.78, 5) is 14.1. The van der Waals surface area contributed by atoms with Crippen molar-refractivity contribution in [3.63, 3.8) is 0 Å². The molecule has 0 heterocycles. The fourth-order valence-electron chi connectivity index (χ4n) is 2.52. The Morgan fingerprint density at radius 2 is 1.85 bits per heavy atom. The van der Waals surface area contributed by atoms with Crippen LogP contribution >= 0.6 is 0 Å². The highest BCUT2D eigenvalue weighted by molar-refractivity contribution is 7.90. The highest BCUT2D eigenvalue weighted by Gasteiger charge is 2.17. The van der Waals surface area contributed by atoms with Crippen LogP contribution in [0, 0.1) is 5.82 Å². The second kappa shape index (κ2) is 8.31. The molecule has 1 unspecified atom stereocenters. The van der Waals surface area contributed by atoms with Gasteiger partial charge >= 0.3 is 6.03 Å². The molecule has 5 nitrogen and oxygen atoms in total. The fraction of sp³-hybridized carbons (Fsp3) is 0.316. The van der Waals surface area contributed by atoms with Crippen LogP contribution < -0.4 is 5.32 Å². The highest BCUT2D eigenvalue weighted by atomic mass is 32.2. The van der Waals surface area contributed by atoms with Crippen molar-refractivity contribution in [2.45, 2.75) is 24.3 Å². The first-order valence-corrected chi connectivity index (χ1v) is 10.1. The van der Waals surface area contributed by atoms with Gasteiger partial charge in [-0.3, -0.25) is 0 Å². The number of sulfone groups is 1. The molecule has 0 radical (unpaired) electrons. The van der Waals surface area contributed by atoms with Crippen molar-refractivity contribution >= 4 is 15.9 Å². The zero-order chi connectivity index (χ0) is 19.3. The predicted octanol–water partition coefficient (Wildman–Crippen LogP) is 3.17. The quantitative estimate of drug-likeness (QED) is 0.840. The van der Waals surface area contributed by atoms with Gasteiger partial charge < -0.3 is 10.2 Å². The first-order valence-electron chi connectivity index (χ1n) is 8.23. The van der Waals surface area contributed by atoms with Gasteiger partial charge in [0.2, 0.25) is 0 Å². The van der Waals surface area contributed by atoms with Crippen LogP contribution in [0.3, 0.4) is 0 Å². The Morgan fingerprint density at radius 3 is 2.42 bits per heavy atom. The maximum absolute atomic E-state index is 13.1. The summed E-state index contributed by atoms with van der Waals surface area (Å²) < 4.78 is 36.2. The van der Waals surface area contributed by atoms with Gasteiger partial charge in [0.1, 0.15) is 5.82 Å². The van der Waals surface area contributed by atoms with E-state index in [9.17, 15) is 17.6 Å². The van der Waals surface area contributed by atoms with Crippen molar-refractivity contribution in [3.05, 3.63) is 65.5 Å². The van der Waals surface area contributed by atoms with Gasteiger partial charge in [-0.05, 0) is 48.7 Å². The average Bonchev–Trinajstić information content (AvgIpc) is 2.60. The summed E-state index contributed by atoms with van der Waals surface area (Å²) in [6.45, 7) is 2.26. The summed E-state index contributed by atoms with van der Waals surface area (Å²) in [5, 5.41) is 2.81. The minimum atomic E-state index is -3.24. The first kappa shape index (κ1) is 19.9. The Hall–Kier alpha value is -2.41. The lowest BCUT2D eigenvalue weighted by molar-refractivity contribution is 0.194. The second-order valence-corrected chi connectivity index (χ2v) is 8.26. The van der Waals surface area contributed by atoms with Crippen molar-refractivity contribution in [1.29, 1.82) is 0 Å². The molecule has 26 heavy (non-hydrogen) atoms. The van der Waals surface area contributed by atoms with Gasteiger partial charge in [-0.1, -0.05) is 24.3 Å². The van der Waals surface area contributed by atoms with Gasteiger partial charge in [0, 0.05) is 19.8 Å². The van der Waals surface area contributed by atoms with Crippen molar-refractivity contribution in [3.8, 4) is 0 Å². The number of nitrogens with one attached hydrogen (secondary N) is 1. The number of benzene rings is 2. The Labute approximate surface area is 153 Å². The molecule has 2 rings (SSSR count). The number of carbonyl (C=O) groups excluding carboxylic acids is 1. The number of halogens is 1. The standard InChI is InChI=1S/C19H23FN2O3S/c1-14(16-7-9-18(10-8-16)26(3,24)25)22(2)19(23)21-12-11-15-5-4-6-17(20)13-15/h4-10,13-14H,11-12H2,1-3H3,(H,21,23). The summed E-state index contributed by atoms with van der Waals surface area (Å²) in [5.74, 6) is -0.294. The molecule has 2 aromatic carbocycles. The van der Waals surface area contributed by atoms with E-state index in [1.807, 2.05) is 13.0 Å². The molecule has 0 aliphatic carbocycles. The number of nitrogens with zero attached hydrogens (tertiary/aromatic N) is 1. The molecule has 0 spiro atoms. The molecule has 0 aliphatic heterocycles. The smallest absolute Gasteiger partial charge is 0.317 e. The molecule has 0 saturated heterocycles. The van der Waals surface area contributed by atoms with E-state index >= 15 is 0 Å². The zero-order valence-electron chi connectivity index (χ0n) is 15.1. The van der Waals surface area contributed by atoms with E-state index < -0.39 is 9.84 Å². The lowest BCUT2D eigenvalue weighted by Gasteiger charge is -2.25. The lowest BCUT2D eigenvalue weighted by atomic mass is 10.1. The van der Waals surface area contributed by atoms with Crippen LogP contribution in [-0.4, -0.2) is 39.2 Å². The lowest BCUT2D eigenvalue weighted by Crippen LogP contribution is -2.39. The summed E-state index contributed by atoms with van der Waals surface area (Å²) in [5.41, 5.74) is 1.65. The maximum atomic E-state index is 13.1. The Morgan fingerprint density at radius 1 is 1.19 bits per heavy atom. The van der Waals surface area contributed by atoms with Gasteiger partial charge in [-0.25, -0.2) is 17.6 Å². The van der Waals surface area contributed by atoms with Crippen LogP contribution in [0.2, 0.25) is 0 Å². The summed E-state index contributed by atoms with van der Waals surface area (Å²) in [6, 6.07) is 12.3. The average molecular weight is 378 g/mol. The number of urea groups is 1. The summed E-state index contributed by atoms with van der Waals surface area (Å²) >= 11 is 0. The predicted molar refractivity (Wildman–Crippen MR) is 99.2 cm³/mol. The fourth-order valence-corrected chi connectivity index (χ4v) is 3.15. The van der Waals surface area contributed by atoms with Crippen LogP contribution in [0.4, 0.5) is 9.18 Å². The molecular formula is C19H23FN2O3S. The zero-order valence-corrected chi connectivity index (χ0v) is 15.9. The SMILES string of the molecule is CC(c1ccc(S(C)(=O)=O)cc1)N(C)C(=O)NCCc1cccc(F)c1. The highest BCUT2D eigenvalue weighted by Crippen LogP contribution is 2.20. The molecule has 7 heteroatoms. The Balaban J connectivity index is 1.92. The van der Waals surface area contributed by atoms with Crippen molar-refractivity contribution in [2.75, 3.05) is 19.8 Å². The van der Waals surface area contributed by atoms with E-state index in [4.69, 9.17) is 0 Å². The maximum Gasteiger partial charge on any atom is 0.317 e. The van der Waals surface area contributed by atoms with Gasteiger partial charge in [0.15, 0.2) is 9.84 Å². The van der Waals surface area contributed by atoms with Crippen LogP contribution in [0.15, 0.2) is 53.4 Å². The summed E-state index contributed by atoms with van der Waals surface area (Å²) in [6.07, 6.45) is 1.69. The minimum absolute atomic E-state index is 0.224. The van der Waals surface area contributed by atoms with Crippen LogP contribution in [0.1, 0.15) is 24.1 Å². The van der Waals surface area contributed by atoms with Crippen LogP contribution in [-0.2, 0) is 16.3 Å². The molecule has 0 saturated carbocycles. The normalized spacial score (nSPS) is 12.5. The van der Waals surface area contributed by atoms with E-state index in [2.05, 4.69) is 5.32 Å². The Kier molecular flexibility index (Phi) is 6.37. The molecule has 2 amide bonds. The first-order chi connectivity index (χ1) is 12.2. The van der Waals surface area contributed by atoms with E-state index in [0.717, 1.165) is 17.4 Å². The molecule has 0 aliphatic rings. The number of amides is 2. The van der Waals surface area contributed by atoms with Gasteiger partial charge in [0.05, 0.1) is 10.9 Å². The van der Waals surface area contributed by atoms with Crippen LogP contribution in [0.25, 0.3) is 0 Å². The molecule has 1 atom stereocenters. The molecule has 0 fully saturated rings. The van der Waals surface area contributed by atoms with Crippen molar-refractivity contribution in [1.82, 2.24) is 10.2 Å². The van der Waals surface area contributed by atoms with E-state index in [-0.39, 0.29) is 22.8 Å². The molecule has 1 N–H and O–H groups in total. The summed E-state index contributed by atoms with van der Waals surface area (Å²) in [7, 11) is -1.57. The molecule has 2 aromatic rings. The topological polar surface area (TPSA) is 66.5 Å². The molecular weight excluding hydrogens is 355 g/mol. The van der Waals surface area contributed by atoms with E-state index in [1.165, 1.54) is 24.3 Å². The number of hydrogen-bond donors (Lipinski definition) is 1. The molecule has 0 bridgehead atoms. The number of hydrogen-bond acceptors (Lipinski definition) is 3. The number of rotatable bonds is 6. The molecule has 0 aromatic heterocycles. The minimum Gasteiger partial charge on any atom is -0.338 e. The van der Waals surface area contributed by atoms with Crippen molar-refractivity contribution in [2.24, 2.45) is 0 Å². The van der Waals surface area contributed by atoms with Gasteiger partial charge in [0.25, 0.3) is 0 Å². The third-order valence-electron chi connectivity index (χ3n) is 4.27. The van der Waals surface area contributed by atoms with E-state index in [1.54, 1.807) is 30.1 Å². The largest absolute Gasteiger partial charge is 0.338 e. The van der Waals surface area contributed by atoms with E-state index in [0.29, 0.717) is 13.0 Å². The second-order valence-electron chi connectivity index (χ2n) is 6.24. The van der Waals surface area contributed by atoms with Crippen molar-refractivity contribution < 1.29 is 17.6 Å². The Bertz CT molecular complexity index is 867. The van der Waals surface area contributed by atoms with Crippen LogP contribution in [0.5, 0.6) is 0 Å².